The molecule has 0 N–H and O–H groups in total. The van der Waals surface area contributed by atoms with Gasteiger partial charge in [0.05, 0.1) is 0 Å². The van der Waals surface area contributed by atoms with E-state index in [1.54, 1.807) is 12.1 Å². The molecular weight excluding hydrogens is 285 g/mol. The normalized spacial score (nSPS) is 8.83. The van der Waals surface area contributed by atoms with Crippen LogP contribution in [0.15, 0.2) is 18.2 Å². The fraction of sp³-hybridized carbons (Fsp3) is 0. The molecule has 0 bridgehead atoms. The number of halogens is 3. The van der Waals surface area contributed by atoms with Crippen LogP contribution in [0.25, 0.3) is 0 Å². The van der Waals surface area contributed by atoms with Crippen LogP contribution in [0.2, 0.25) is 10.0 Å². The van der Waals surface area contributed by atoms with Crippen LogP contribution in [0.3, 0.4) is 0 Å². The summed E-state index contributed by atoms with van der Waals surface area (Å²) < 4.78 is -0.197. The first kappa shape index (κ1) is 12.3. The summed E-state index contributed by atoms with van der Waals surface area (Å²) >= 11 is 13.7. The molecule has 0 aromatic heterocycles. The van der Waals surface area contributed by atoms with Crippen LogP contribution in [0, 0.1) is 0 Å². The summed E-state index contributed by atoms with van der Waals surface area (Å²) in [5.74, 6) is 0. The third kappa shape index (κ3) is 2.96. The summed E-state index contributed by atoms with van der Waals surface area (Å²) in [5.41, 5.74) is 0.416. The van der Waals surface area contributed by atoms with E-state index in [2.05, 4.69) is 16.0 Å². The molecule has 0 amide bonds. The average molecular weight is 289 g/mol. The van der Waals surface area contributed by atoms with Gasteiger partial charge in [-0.25, -0.2) is 0 Å². The van der Waals surface area contributed by atoms with Crippen LogP contribution in [0.5, 0.6) is 0 Å². The Kier molecular flexibility index (Phi) is 5.22. The van der Waals surface area contributed by atoms with Crippen molar-refractivity contribution < 1.29 is 4.79 Å². The van der Waals surface area contributed by atoms with E-state index in [0.717, 1.165) is 0 Å². The molecular formula is C7H4Cl3OSe. The van der Waals surface area contributed by atoms with Crippen molar-refractivity contribution in [1.29, 1.82) is 0 Å². The third-order valence-corrected chi connectivity index (χ3v) is 2.17. The molecule has 0 heterocycles. The first-order valence-electron chi connectivity index (χ1n) is 2.77. The number of carbonyl (C=O) groups is 1. The van der Waals surface area contributed by atoms with Crippen LogP contribution in [0.1, 0.15) is 10.4 Å². The van der Waals surface area contributed by atoms with Crippen LogP contribution in [0.4, 0.5) is 0 Å². The minimum atomic E-state index is -0.197. The molecule has 0 fully saturated rings. The summed E-state index contributed by atoms with van der Waals surface area (Å²) in [5, 5.41) is 0.922. The maximum absolute atomic E-state index is 10.8. The van der Waals surface area contributed by atoms with Crippen molar-refractivity contribution in [1.82, 2.24) is 0 Å². The standard InChI is InChI=1S/C7H3Cl2OSe.ClH/c8-4-1-2-6(9)5(3-4)7(10)11;/h1-3H;1H. The van der Waals surface area contributed by atoms with E-state index in [1.807, 2.05) is 0 Å². The van der Waals surface area contributed by atoms with Gasteiger partial charge in [-0.15, -0.1) is 12.4 Å². The van der Waals surface area contributed by atoms with E-state index in [9.17, 15) is 4.79 Å². The van der Waals surface area contributed by atoms with Gasteiger partial charge < -0.3 is 0 Å². The van der Waals surface area contributed by atoms with Gasteiger partial charge in [-0.1, -0.05) is 0 Å². The number of rotatable bonds is 1. The summed E-state index contributed by atoms with van der Waals surface area (Å²) in [6.45, 7) is 0. The zero-order chi connectivity index (χ0) is 8.43. The molecule has 0 spiro atoms. The molecule has 1 radical (unpaired) electrons. The van der Waals surface area contributed by atoms with E-state index in [4.69, 9.17) is 23.2 Å². The van der Waals surface area contributed by atoms with E-state index in [-0.39, 0.29) is 17.1 Å². The predicted molar refractivity (Wildman–Crippen MR) is 53.8 cm³/mol. The molecule has 0 atom stereocenters. The zero-order valence-electron chi connectivity index (χ0n) is 5.71. The van der Waals surface area contributed by atoms with Crippen molar-refractivity contribution in [3.63, 3.8) is 0 Å². The van der Waals surface area contributed by atoms with Gasteiger partial charge >= 0.3 is 82.5 Å². The molecule has 0 unspecified atom stereocenters. The Labute approximate surface area is 94.7 Å². The number of hydrogen-bond donors (Lipinski definition) is 0. The molecule has 0 aliphatic carbocycles. The van der Waals surface area contributed by atoms with Crippen molar-refractivity contribution in [2.45, 2.75) is 0 Å². The zero-order valence-corrected chi connectivity index (χ0v) is 9.75. The van der Waals surface area contributed by atoms with Gasteiger partial charge in [-0.3, -0.25) is 0 Å². The summed E-state index contributed by atoms with van der Waals surface area (Å²) in [4.78, 5) is 10.8. The van der Waals surface area contributed by atoms with Crippen molar-refractivity contribution >= 4 is 56.3 Å². The second-order valence-electron chi connectivity index (χ2n) is 1.91. The van der Waals surface area contributed by atoms with Crippen molar-refractivity contribution in [3.8, 4) is 0 Å². The molecule has 12 heavy (non-hydrogen) atoms. The molecule has 65 valence electrons. The van der Waals surface area contributed by atoms with Gasteiger partial charge in [0, 0.05) is 0 Å². The Morgan fingerprint density at radius 2 is 1.92 bits per heavy atom. The average Bonchev–Trinajstić information content (AvgIpc) is 1.94. The fourth-order valence-corrected chi connectivity index (χ4v) is 1.51. The van der Waals surface area contributed by atoms with Gasteiger partial charge in [0.1, 0.15) is 0 Å². The Balaban J connectivity index is 0.00000121. The van der Waals surface area contributed by atoms with Gasteiger partial charge in [-0.05, 0) is 0 Å². The summed E-state index contributed by atoms with van der Waals surface area (Å²) in [7, 11) is 0. The van der Waals surface area contributed by atoms with E-state index in [1.165, 1.54) is 6.07 Å². The summed E-state index contributed by atoms with van der Waals surface area (Å²) in [6.07, 6.45) is 0. The van der Waals surface area contributed by atoms with Gasteiger partial charge in [0.15, 0.2) is 0 Å². The predicted octanol–water partition coefficient (Wildman–Crippen LogP) is 2.72. The quantitative estimate of drug-likeness (QED) is 0.727. The first-order chi connectivity index (χ1) is 5.11. The molecule has 1 aromatic rings. The molecule has 0 aliphatic rings. The van der Waals surface area contributed by atoms with Crippen LogP contribution in [-0.4, -0.2) is 20.7 Å². The van der Waals surface area contributed by atoms with E-state index >= 15 is 0 Å². The maximum atomic E-state index is 10.8. The van der Waals surface area contributed by atoms with Crippen LogP contribution < -0.4 is 0 Å². The van der Waals surface area contributed by atoms with E-state index < -0.39 is 0 Å². The molecule has 0 saturated heterocycles. The minimum absolute atomic E-state index is 0. The van der Waals surface area contributed by atoms with Crippen molar-refractivity contribution in [2.24, 2.45) is 0 Å². The van der Waals surface area contributed by atoms with Crippen molar-refractivity contribution in [3.05, 3.63) is 33.8 Å². The Morgan fingerprint density at radius 3 is 2.33 bits per heavy atom. The van der Waals surface area contributed by atoms with E-state index in [0.29, 0.717) is 15.6 Å². The molecule has 1 nitrogen and oxygen atoms in total. The molecule has 5 heteroatoms. The fourth-order valence-electron chi connectivity index (χ4n) is 0.654. The van der Waals surface area contributed by atoms with Crippen LogP contribution in [-0.2, 0) is 0 Å². The second-order valence-corrected chi connectivity index (χ2v) is 3.53. The number of benzene rings is 1. The Morgan fingerprint density at radius 1 is 1.33 bits per heavy atom. The van der Waals surface area contributed by atoms with Crippen LogP contribution >= 0.6 is 35.6 Å². The van der Waals surface area contributed by atoms with Gasteiger partial charge in [0.2, 0.25) is 0 Å². The number of hydrogen-bond acceptors (Lipinski definition) is 1. The Bertz CT molecular complexity index is 301. The summed E-state index contributed by atoms with van der Waals surface area (Å²) in [6, 6.07) is 4.76. The molecule has 0 saturated carbocycles. The SMILES string of the molecule is Cl.O=C([Se])c1cc(Cl)ccc1Cl. The molecule has 1 rings (SSSR count). The number of carbonyl (C=O) groups excluding carboxylic acids is 1. The van der Waals surface area contributed by atoms with Gasteiger partial charge in [-0.2, -0.15) is 0 Å². The Hall–Kier alpha value is 0.279. The third-order valence-electron chi connectivity index (χ3n) is 1.15. The topological polar surface area (TPSA) is 17.1 Å². The molecule has 0 aliphatic heterocycles. The second kappa shape index (κ2) is 5.11. The first-order valence-corrected chi connectivity index (χ1v) is 4.39. The monoisotopic (exact) mass is 289 g/mol. The molecule has 1 aromatic carbocycles. The van der Waals surface area contributed by atoms with Gasteiger partial charge in [0.25, 0.3) is 0 Å². The van der Waals surface area contributed by atoms with Crippen molar-refractivity contribution in [2.75, 3.05) is 0 Å².